The van der Waals surface area contributed by atoms with Crippen LogP contribution in [0.25, 0.3) is 10.9 Å². The van der Waals surface area contributed by atoms with E-state index in [0.717, 1.165) is 35.6 Å². The van der Waals surface area contributed by atoms with E-state index in [0.29, 0.717) is 28.7 Å². The van der Waals surface area contributed by atoms with Gasteiger partial charge in [-0.3, -0.25) is 9.69 Å². The lowest BCUT2D eigenvalue weighted by Crippen LogP contribution is -2.50. The molecule has 182 valence electrons. The maximum atomic E-state index is 13.7. The Bertz CT molecular complexity index is 1280. The zero-order valence-corrected chi connectivity index (χ0v) is 20.3. The number of ether oxygens (including phenoxy) is 1. The average Bonchev–Trinajstić information content (AvgIpc) is 2.82. The first-order chi connectivity index (χ1) is 17.0. The molecule has 2 atom stereocenters. The fourth-order valence-corrected chi connectivity index (χ4v) is 5.30. The summed E-state index contributed by atoms with van der Waals surface area (Å²) in [5, 5.41) is 4.02. The first-order valence-corrected chi connectivity index (χ1v) is 12.3. The van der Waals surface area contributed by atoms with Crippen molar-refractivity contribution in [3.63, 3.8) is 0 Å². The van der Waals surface area contributed by atoms with Gasteiger partial charge in [-0.15, -0.1) is 0 Å². The smallest absolute Gasteiger partial charge is 0.159 e. The standard InChI is InChI=1S/C28H31FN4O2/c1-18-13-21(8-9-24(18)29)32-28-23-15-20(27(35-2)16-25(23)30-17-31-28)14-22(34)6-4-12-33-11-3-5-19-7-10-26(19)33/h4,6,8-9,13,15-17,19,26H,3,5,7,10-12,14H2,1-2H3,(H,30,31,32)/b6-4+. The molecule has 7 heteroatoms. The number of nitrogens with one attached hydrogen (secondary N) is 1. The number of fused-ring (bicyclic) bond motifs is 2. The highest BCUT2D eigenvalue weighted by Crippen LogP contribution is 2.39. The highest BCUT2D eigenvalue weighted by atomic mass is 19.1. The summed E-state index contributed by atoms with van der Waals surface area (Å²) in [5.74, 6) is 1.85. The fourth-order valence-electron chi connectivity index (χ4n) is 5.30. The van der Waals surface area contributed by atoms with Crippen LogP contribution in [0.5, 0.6) is 5.75 Å². The minimum absolute atomic E-state index is 0.0327. The summed E-state index contributed by atoms with van der Waals surface area (Å²) in [4.78, 5) is 24.1. The van der Waals surface area contributed by atoms with Crippen LogP contribution < -0.4 is 10.1 Å². The normalized spacial score (nSPS) is 20.0. The molecule has 2 fully saturated rings. The molecule has 2 heterocycles. The number of aromatic nitrogens is 2. The maximum Gasteiger partial charge on any atom is 0.159 e. The first kappa shape index (κ1) is 23.4. The zero-order valence-electron chi connectivity index (χ0n) is 20.3. The number of benzene rings is 2. The first-order valence-electron chi connectivity index (χ1n) is 12.3. The zero-order chi connectivity index (χ0) is 24.4. The van der Waals surface area contributed by atoms with Gasteiger partial charge in [0.25, 0.3) is 0 Å². The van der Waals surface area contributed by atoms with Crippen molar-refractivity contribution in [3.8, 4) is 5.75 Å². The van der Waals surface area contributed by atoms with Crippen molar-refractivity contribution < 1.29 is 13.9 Å². The molecule has 0 amide bonds. The van der Waals surface area contributed by atoms with Crippen molar-refractivity contribution in [1.82, 2.24) is 14.9 Å². The lowest BCUT2D eigenvalue weighted by molar-refractivity contribution is -0.114. The summed E-state index contributed by atoms with van der Waals surface area (Å²) in [6.45, 7) is 3.68. The van der Waals surface area contributed by atoms with Crippen molar-refractivity contribution in [2.45, 2.75) is 45.1 Å². The van der Waals surface area contributed by atoms with Gasteiger partial charge in [0.15, 0.2) is 5.78 Å². The second kappa shape index (κ2) is 10.1. The number of anilines is 2. The SMILES string of the molecule is COc1cc2ncnc(Nc3ccc(F)c(C)c3)c2cc1CC(=O)/C=C/CN1CCCC2CCC21. The number of rotatable bonds is 8. The van der Waals surface area contributed by atoms with Gasteiger partial charge >= 0.3 is 0 Å². The Labute approximate surface area is 205 Å². The van der Waals surface area contributed by atoms with E-state index in [9.17, 15) is 9.18 Å². The number of hydrogen-bond donors (Lipinski definition) is 1. The van der Waals surface area contributed by atoms with Gasteiger partial charge in [-0.1, -0.05) is 6.08 Å². The molecule has 0 radical (unpaired) electrons. The highest BCUT2D eigenvalue weighted by molar-refractivity contribution is 5.96. The molecule has 5 rings (SSSR count). The number of likely N-dealkylation sites (tertiary alicyclic amines) is 1. The lowest BCUT2D eigenvalue weighted by atomic mass is 9.73. The third-order valence-electron chi connectivity index (χ3n) is 7.33. The Morgan fingerprint density at radius 3 is 2.89 bits per heavy atom. The van der Waals surface area contributed by atoms with Crippen LogP contribution in [0, 0.1) is 18.7 Å². The lowest BCUT2D eigenvalue weighted by Gasteiger charge is -2.48. The Balaban J connectivity index is 1.33. The molecule has 1 N–H and O–H groups in total. The molecule has 2 aliphatic rings. The molecule has 6 nitrogen and oxygen atoms in total. The van der Waals surface area contributed by atoms with Crippen molar-refractivity contribution in [2.24, 2.45) is 5.92 Å². The van der Waals surface area contributed by atoms with Crippen LogP contribution >= 0.6 is 0 Å². The van der Waals surface area contributed by atoms with E-state index < -0.39 is 0 Å². The molecule has 1 aromatic heterocycles. The van der Waals surface area contributed by atoms with Gasteiger partial charge in [0.2, 0.25) is 0 Å². The van der Waals surface area contributed by atoms with Crippen molar-refractivity contribution in [1.29, 1.82) is 0 Å². The molecular formula is C28H31FN4O2. The van der Waals surface area contributed by atoms with Crippen LogP contribution in [-0.4, -0.2) is 46.9 Å². The summed E-state index contributed by atoms with van der Waals surface area (Å²) in [7, 11) is 1.60. The predicted octanol–water partition coefficient (Wildman–Crippen LogP) is 5.37. The average molecular weight is 475 g/mol. The summed E-state index contributed by atoms with van der Waals surface area (Å²) in [6.07, 6.45) is 10.7. The van der Waals surface area contributed by atoms with Crippen LogP contribution in [0.4, 0.5) is 15.9 Å². The Kier molecular flexibility index (Phi) is 6.77. The molecular weight excluding hydrogens is 443 g/mol. The number of allylic oxidation sites excluding steroid dienone is 1. The largest absolute Gasteiger partial charge is 0.496 e. The summed E-state index contributed by atoms with van der Waals surface area (Å²) >= 11 is 0. The summed E-state index contributed by atoms with van der Waals surface area (Å²) in [5.41, 5.74) is 2.75. The quantitative estimate of drug-likeness (QED) is 0.443. The van der Waals surface area contributed by atoms with Crippen LogP contribution in [-0.2, 0) is 11.2 Å². The monoisotopic (exact) mass is 474 g/mol. The van der Waals surface area contributed by atoms with E-state index >= 15 is 0 Å². The number of piperidine rings is 1. The second-order valence-corrected chi connectivity index (χ2v) is 9.58. The van der Waals surface area contributed by atoms with E-state index in [1.807, 2.05) is 18.2 Å². The number of ketones is 1. The molecule has 0 bridgehead atoms. The molecule has 1 aliphatic heterocycles. The van der Waals surface area contributed by atoms with Crippen molar-refractivity contribution in [3.05, 3.63) is 65.8 Å². The Hall–Kier alpha value is -3.32. The molecule has 2 aromatic carbocycles. The van der Waals surface area contributed by atoms with Gasteiger partial charge < -0.3 is 10.1 Å². The molecule has 35 heavy (non-hydrogen) atoms. The van der Waals surface area contributed by atoms with E-state index in [4.69, 9.17) is 4.74 Å². The molecule has 3 aromatic rings. The maximum absolute atomic E-state index is 13.7. The number of methoxy groups -OCH3 is 1. The van der Waals surface area contributed by atoms with E-state index in [2.05, 4.69) is 20.2 Å². The van der Waals surface area contributed by atoms with Gasteiger partial charge in [-0.2, -0.15) is 0 Å². The van der Waals surface area contributed by atoms with Crippen LogP contribution in [0.1, 0.15) is 36.8 Å². The minimum atomic E-state index is -0.255. The number of carbonyl (C=O) groups is 1. The van der Waals surface area contributed by atoms with Crippen LogP contribution in [0.2, 0.25) is 0 Å². The fraction of sp³-hybridized carbons (Fsp3) is 0.393. The molecule has 2 unspecified atom stereocenters. The highest BCUT2D eigenvalue weighted by Gasteiger charge is 2.37. The summed E-state index contributed by atoms with van der Waals surface area (Å²) < 4.78 is 19.2. The number of carbonyl (C=O) groups excluding carboxylic acids is 1. The molecule has 1 aliphatic carbocycles. The second-order valence-electron chi connectivity index (χ2n) is 9.58. The third kappa shape index (κ3) is 5.05. The topological polar surface area (TPSA) is 67.4 Å². The van der Waals surface area contributed by atoms with Crippen LogP contribution in [0.15, 0.2) is 48.8 Å². The number of hydrogen-bond acceptors (Lipinski definition) is 6. The van der Waals surface area contributed by atoms with Gasteiger partial charge in [0.05, 0.1) is 12.6 Å². The van der Waals surface area contributed by atoms with E-state index in [-0.39, 0.29) is 18.0 Å². The number of nitrogens with zero attached hydrogens (tertiary/aromatic N) is 3. The van der Waals surface area contributed by atoms with Crippen molar-refractivity contribution in [2.75, 3.05) is 25.5 Å². The van der Waals surface area contributed by atoms with E-state index in [1.165, 1.54) is 38.1 Å². The molecule has 1 saturated heterocycles. The Morgan fingerprint density at radius 1 is 1.23 bits per heavy atom. The number of aryl methyl sites for hydroxylation is 1. The molecule has 0 spiro atoms. The molecule has 1 saturated carbocycles. The minimum Gasteiger partial charge on any atom is -0.496 e. The Morgan fingerprint density at radius 2 is 2.11 bits per heavy atom. The van der Waals surface area contributed by atoms with Crippen molar-refractivity contribution >= 4 is 28.2 Å². The van der Waals surface area contributed by atoms with E-state index in [1.54, 1.807) is 32.2 Å². The summed E-state index contributed by atoms with van der Waals surface area (Å²) in [6, 6.07) is 9.27. The van der Waals surface area contributed by atoms with Gasteiger partial charge in [-0.05, 0) is 81.0 Å². The predicted molar refractivity (Wildman–Crippen MR) is 136 cm³/mol. The third-order valence-corrected chi connectivity index (χ3v) is 7.33. The number of halogens is 1. The van der Waals surface area contributed by atoms with Crippen LogP contribution in [0.3, 0.4) is 0 Å². The van der Waals surface area contributed by atoms with Gasteiger partial charge in [0, 0.05) is 41.7 Å². The van der Waals surface area contributed by atoms with Gasteiger partial charge in [0.1, 0.15) is 23.7 Å². The van der Waals surface area contributed by atoms with Gasteiger partial charge in [-0.25, -0.2) is 14.4 Å².